The summed E-state index contributed by atoms with van der Waals surface area (Å²) in [5.74, 6) is -1.81. The van der Waals surface area contributed by atoms with Crippen molar-refractivity contribution in [2.45, 2.75) is 46.0 Å². The van der Waals surface area contributed by atoms with E-state index >= 15 is 0 Å². The Balaban J connectivity index is 2.53. The van der Waals surface area contributed by atoms with Crippen LogP contribution in [0.25, 0.3) is 0 Å². The zero-order chi connectivity index (χ0) is 19.7. The van der Waals surface area contributed by atoms with E-state index in [4.69, 9.17) is 0 Å². The molecular formula is C19H29F2N3O2. The normalized spacial score (nSPS) is 10.5. The molecule has 0 spiro atoms. The third-order valence-electron chi connectivity index (χ3n) is 3.88. The van der Waals surface area contributed by atoms with Crippen molar-refractivity contribution in [2.24, 2.45) is 0 Å². The van der Waals surface area contributed by atoms with Crippen LogP contribution in [0.4, 0.5) is 20.2 Å². The highest BCUT2D eigenvalue weighted by molar-refractivity contribution is 5.91. The molecular weight excluding hydrogens is 340 g/mol. The van der Waals surface area contributed by atoms with Gasteiger partial charge in [-0.3, -0.25) is 9.59 Å². The lowest BCUT2D eigenvalue weighted by molar-refractivity contribution is -0.131. The van der Waals surface area contributed by atoms with E-state index in [9.17, 15) is 18.4 Å². The number of anilines is 2. The summed E-state index contributed by atoms with van der Waals surface area (Å²) in [4.78, 5) is 27.3. The Morgan fingerprint density at radius 2 is 1.54 bits per heavy atom. The number of amides is 2. The molecule has 0 aromatic heterocycles. The van der Waals surface area contributed by atoms with Gasteiger partial charge in [0.15, 0.2) is 11.6 Å². The first-order chi connectivity index (χ1) is 12.3. The van der Waals surface area contributed by atoms with Crippen LogP contribution in [0.3, 0.4) is 0 Å². The van der Waals surface area contributed by atoms with Gasteiger partial charge in [0.25, 0.3) is 0 Å². The Morgan fingerprint density at radius 1 is 1.00 bits per heavy atom. The van der Waals surface area contributed by atoms with Crippen molar-refractivity contribution in [1.82, 2.24) is 4.90 Å². The van der Waals surface area contributed by atoms with E-state index in [0.29, 0.717) is 6.42 Å². The Bertz CT molecular complexity index is 592. The van der Waals surface area contributed by atoms with Gasteiger partial charge in [0, 0.05) is 45.7 Å². The lowest BCUT2D eigenvalue weighted by Gasteiger charge is -2.21. The number of hydrogen-bond acceptors (Lipinski definition) is 3. The van der Waals surface area contributed by atoms with Gasteiger partial charge in [0.1, 0.15) is 5.69 Å². The van der Waals surface area contributed by atoms with E-state index in [1.54, 1.807) is 0 Å². The number of halogens is 2. The van der Waals surface area contributed by atoms with Gasteiger partial charge in [-0.1, -0.05) is 13.8 Å². The fourth-order valence-electron chi connectivity index (χ4n) is 2.75. The molecule has 0 heterocycles. The largest absolute Gasteiger partial charge is 0.373 e. The van der Waals surface area contributed by atoms with Crippen LogP contribution in [0.15, 0.2) is 12.1 Å². The molecule has 0 atom stereocenters. The molecule has 1 aromatic carbocycles. The van der Waals surface area contributed by atoms with Gasteiger partial charge in [-0.05, 0) is 31.4 Å². The monoisotopic (exact) mass is 369 g/mol. The van der Waals surface area contributed by atoms with E-state index in [1.165, 1.54) is 19.0 Å². The minimum atomic E-state index is -0.741. The van der Waals surface area contributed by atoms with Crippen LogP contribution >= 0.6 is 0 Å². The number of carbonyl (C=O) groups excluding carboxylic acids is 2. The number of benzene rings is 1. The van der Waals surface area contributed by atoms with Crippen LogP contribution in [0, 0.1) is 11.6 Å². The Morgan fingerprint density at radius 3 is 2.00 bits per heavy atom. The highest BCUT2D eigenvalue weighted by Gasteiger charge is 2.15. The molecule has 2 amide bonds. The minimum Gasteiger partial charge on any atom is -0.373 e. The molecule has 0 fully saturated rings. The SMILES string of the molecule is CCCN(CCC)C(=O)CCCC(=O)Nc1cc(F)c(N(C)C)c(F)c1. The third kappa shape index (κ3) is 6.61. The molecule has 146 valence electrons. The molecule has 1 rings (SSSR count). The summed E-state index contributed by atoms with van der Waals surface area (Å²) >= 11 is 0. The van der Waals surface area contributed by atoms with Crippen LogP contribution in [-0.2, 0) is 9.59 Å². The van der Waals surface area contributed by atoms with Gasteiger partial charge < -0.3 is 15.1 Å². The lowest BCUT2D eigenvalue weighted by Crippen LogP contribution is -2.32. The van der Waals surface area contributed by atoms with Crippen molar-refractivity contribution in [1.29, 1.82) is 0 Å². The summed E-state index contributed by atoms with van der Waals surface area (Å²) in [6.07, 6.45) is 2.60. The minimum absolute atomic E-state index is 0.0360. The van der Waals surface area contributed by atoms with Crippen molar-refractivity contribution in [3.63, 3.8) is 0 Å². The van der Waals surface area contributed by atoms with Gasteiger partial charge in [-0.25, -0.2) is 8.78 Å². The summed E-state index contributed by atoms with van der Waals surface area (Å²) < 4.78 is 27.8. The lowest BCUT2D eigenvalue weighted by atomic mass is 10.2. The fourth-order valence-corrected chi connectivity index (χ4v) is 2.75. The van der Waals surface area contributed by atoms with E-state index in [1.807, 2.05) is 18.7 Å². The number of nitrogens with one attached hydrogen (secondary N) is 1. The molecule has 7 heteroatoms. The summed E-state index contributed by atoms with van der Waals surface area (Å²) in [5.41, 5.74) is -0.0824. The molecule has 5 nitrogen and oxygen atoms in total. The molecule has 1 aromatic rings. The van der Waals surface area contributed by atoms with Crippen molar-refractivity contribution < 1.29 is 18.4 Å². The molecule has 26 heavy (non-hydrogen) atoms. The van der Waals surface area contributed by atoms with Crippen LogP contribution < -0.4 is 10.2 Å². The molecule has 1 N–H and O–H groups in total. The Kier molecular flexibility index (Phi) is 9.02. The first-order valence-electron chi connectivity index (χ1n) is 9.04. The van der Waals surface area contributed by atoms with Crippen LogP contribution in [0.2, 0.25) is 0 Å². The summed E-state index contributed by atoms with van der Waals surface area (Å²) in [6, 6.07) is 2.18. The number of hydrogen-bond donors (Lipinski definition) is 1. The first kappa shape index (κ1) is 21.9. The molecule has 0 bridgehead atoms. The number of rotatable bonds is 10. The van der Waals surface area contributed by atoms with E-state index in [-0.39, 0.29) is 36.0 Å². The maximum Gasteiger partial charge on any atom is 0.224 e. The zero-order valence-corrected chi connectivity index (χ0v) is 16.1. The maximum absolute atomic E-state index is 13.9. The molecule has 0 unspecified atom stereocenters. The number of nitrogens with zero attached hydrogens (tertiary/aromatic N) is 2. The smallest absolute Gasteiger partial charge is 0.224 e. The van der Waals surface area contributed by atoms with Crippen LogP contribution in [-0.4, -0.2) is 43.9 Å². The van der Waals surface area contributed by atoms with Gasteiger partial charge in [0.2, 0.25) is 11.8 Å². The molecule has 0 aliphatic carbocycles. The highest BCUT2D eigenvalue weighted by Crippen LogP contribution is 2.25. The first-order valence-corrected chi connectivity index (χ1v) is 9.04. The second-order valence-corrected chi connectivity index (χ2v) is 6.47. The van der Waals surface area contributed by atoms with Crippen LogP contribution in [0.1, 0.15) is 46.0 Å². The predicted molar refractivity (Wildman–Crippen MR) is 100 cm³/mol. The molecule has 0 saturated heterocycles. The van der Waals surface area contributed by atoms with Crippen molar-refractivity contribution >= 4 is 23.2 Å². The summed E-state index contributed by atoms with van der Waals surface area (Å²) in [5, 5.41) is 2.48. The van der Waals surface area contributed by atoms with Gasteiger partial charge in [0.05, 0.1) is 0 Å². The van der Waals surface area contributed by atoms with Gasteiger partial charge in [-0.2, -0.15) is 0 Å². The summed E-state index contributed by atoms with van der Waals surface area (Å²) in [7, 11) is 3.08. The standard InChI is InChI=1S/C19H29F2N3O2/c1-5-10-24(11-6-2)18(26)9-7-8-17(25)22-14-12-15(20)19(23(3)4)16(21)13-14/h12-13H,5-11H2,1-4H3,(H,22,25). The fraction of sp³-hybridized carbons (Fsp3) is 0.579. The van der Waals surface area contributed by atoms with Crippen molar-refractivity contribution in [3.8, 4) is 0 Å². The summed E-state index contributed by atoms with van der Waals surface area (Å²) in [6.45, 7) is 5.47. The van der Waals surface area contributed by atoms with E-state index < -0.39 is 11.6 Å². The molecule has 0 aliphatic rings. The Hall–Kier alpha value is -2.18. The highest BCUT2D eigenvalue weighted by atomic mass is 19.1. The van der Waals surface area contributed by atoms with Crippen molar-refractivity contribution in [2.75, 3.05) is 37.4 Å². The van der Waals surface area contributed by atoms with E-state index in [2.05, 4.69) is 5.32 Å². The average molecular weight is 369 g/mol. The third-order valence-corrected chi connectivity index (χ3v) is 3.88. The van der Waals surface area contributed by atoms with E-state index in [0.717, 1.165) is 38.1 Å². The quantitative estimate of drug-likeness (QED) is 0.683. The topological polar surface area (TPSA) is 52.7 Å². The Labute approximate surface area is 154 Å². The second-order valence-electron chi connectivity index (χ2n) is 6.47. The zero-order valence-electron chi connectivity index (χ0n) is 16.1. The number of carbonyl (C=O) groups is 2. The predicted octanol–water partition coefficient (Wildman–Crippen LogP) is 3.79. The van der Waals surface area contributed by atoms with Crippen molar-refractivity contribution in [3.05, 3.63) is 23.8 Å². The second kappa shape index (κ2) is 10.7. The maximum atomic E-state index is 13.9. The van der Waals surface area contributed by atoms with Gasteiger partial charge >= 0.3 is 0 Å². The van der Waals surface area contributed by atoms with Crippen LogP contribution in [0.5, 0.6) is 0 Å². The molecule has 0 saturated carbocycles. The molecule has 0 aliphatic heterocycles. The van der Waals surface area contributed by atoms with Gasteiger partial charge in [-0.15, -0.1) is 0 Å². The molecule has 0 radical (unpaired) electrons. The average Bonchev–Trinajstić information content (AvgIpc) is 2.53.